The van der Waals surface area contributed by atoms with Gasteiger partial charge < -0.3 is 4.90 Å². The highest BCUT2D eigenvalue weighted by atomic mass is 31.0. The molecular formula is C14H28NOP. The summed E-state index contributed by atoms with van der Waals surface area (Å²) >= 11 is 0. The van der Waals surface area contributed by atoms with Crippen LogP contribution in [-0.2, 0) is 4.79 Å². The molecule has 3 heteroatoms. The van der Waals surface area contributed by atoms with Crippen molar-refractivity contribution in [2.75, 3.05) is 6.54 Å². The topological polar surface area (TPSA) is 20.3 Å². The van der Waals surface area contributed by atoms with Crippen LogP contribution in [0.15, 0.2) is 0 Å². The van der Waals surface area contributed by atoms with E-state index in [9.17, 15) is 4.79 Å². The Morgan fingerprint density at radius 2 is 1.94 bits per heavy atom. The summed E-state index contributed by atoms with van der Waals surface area (Å²) in [5, 5.41) is 0. The summed E-state index contributed by atoms with van der Waals surface area (Å²) in [5.41, 5.74) is 0.749. The first-order chi connectivity index (χ1) is 7.81. The van der Waals surface area contributed by atoms with E-state index >= 15 is 0 Å². The molecule has 0 aromatic heterocycles. The van der Waals surface area contributed by atoms with Crippen molar-refractivity contribution >= 4 is 15.1 Å². The lowest BCUT2D eigenvalue weighted by Crippen LogP contribution is -2.46. The Morgan fingerprint density at radius 3 is 2.47 bits per heavy atom. The fraction of sp³-hybridized carbons (Fsp3) is 0.929. The molecule has 3 unspecified atom stereocenters. The van der Waals surface area contributed by atoms with Crippen LogP contribution in [0.3, 0.4) is 0 Å². The van der Waals surface area contributed by atoms with Crippen LogP contribution >= 0.6 is 9.24 Å². The maximum Gasteiger partial charge on any atom is 0.222 e. The molecule has 1 heterocycles. The zero-order valence-corrected chi connectivity index (χ0v) is 13.0. The second-order valence-corrected chi connectivity index (χ2v) is 7.64. The highest BCUT2D eigenvalue weighted by Gasteiger charge is 2.30. The summed E-state index contributed by atoms with van der Waals surface area (Å²) in [6.07, 6.45) is 5.28. The van der Waals surface area contributed by atoms with Gasteiger partial charge in [-0.2, -0.15) is 0 Å². The molecule has 1 aliphatic heterocycles. The van der Waals surface area contributed by atoms with Gasteiger partial charge in [0.15, 0.2) is 0 Å². The molecule has 0 N–H and O–H groups in total. The van der Waals surface area contributed by atoms with Gasteiger partial charge in [0.05, 0.1) is 0 Å². The molecule has 1 amide bonds. The third-order valence-corrected chi connectivity index (χ3v) is 3.88. The van der Waals surface area contributed by atoms with E-state index in [-0.39, 0.29) is 5.41 Å². The van der Waals surface area contributed by atoms with Crippen molar-refractivity contribution in [1.29, 1.82) is 0 Å². The summed E-state index contributed by atoms with van der Waals surface area (Å²) in [6.45, 7) is 9.94. The Hall–Kier alpha value is -0.100. The molecule has 3 atom stereocenters. The highest BCUT2D eigenvalue weighted by Crippen LogP contribution is 2.29. The van der Waals surface area contributed by atoms with Crippen LogP contribution in [0.5, 0.6) is 0 Å². The molecule has 1 saturated heterocycles. The number of amides is 1. The van der Waals surface area contributed by atoms with Crippen LogP contribution < -0.4 is 0 Å². The number of carbonyl (C=O) groups excluding carboxylic acids is 1. The Morgan fingerprint density at radius 1 is 1.29 bits per heavy atom. The van der Waals surface area contributed by atoms with Gasteiger partial charge in [-0.3, -0.25) is 4.79 Å². The number of nitrogens with zero attached hydrogens (tertiary/aromatic N) is 1. The Labute approximate surface area is 109 Å². The van der Waals surface area contributed by atoms with Gasteiger partial charge in [0.25, 0.3) is 0 Å². The Balaban J connectivity index is 2.77. The van der Waals surface area contributed by atoms with Gasteiger partial charge in [0, 0.05) is 19.0 Å². The summed E-state index contributed by atoms with van der Waals surface area (Å²) in [7, 11) is 2.89. The van der Waals surface area contributed by atoms with Gasteiger partial charge in [0.2, 0.25) is 5.91 Å². The number of likely N-dealkylation sites (tertiary alicyclic amines) is 1. The SMILES string of the molecule is CC(P)C(CC(C)(C)C)N1CCCCCC1=O. The molecule has 1 aliphatic rings. The largest absolute Gasteiger partial charge is 0.339 e. The maximum absolute atomic E-state index is 12.2. The molecule has 0 aromatic carbocycles. The first-order valence-corrected chi connectivity index (χ1v) is 7.53. The third-order valence-electron chi connectivity index (χ3n) is 3.44. The fourth-order valence-corrected chi connectivity index (χ4v) is 2.91. The quantitative estimate of drug-likeness (QED) is 0.709. The average molecular weight is 257 g/mol. The average Bonchev–Trinajstić information content (AvgIpc) is 2.38. The minimum atomic E-state index is 0.280. The van der Waals surface area contributed by atoms with Crippen LogP contribution in [0.4, 0.5) is 0 Å². The van der Waals surface area contributed by atoms with E-state index in [0.29, 0.717) is 17.6 Å². The Kier molecular flexibility index (Phi) is 5.44. The van der Waals surface area contributed by atoms with Crippen molar-refractivity contribution in [3.8, 4) is 0 Å². The Bertz CT molecular complexity index is 257. The van der Waals surface area contributed by atoms with Gasteiger partial charge in [-0.05, 0) is 30.3 Å². The number of rotatable bonds is 3. The predicted molar refractivity (Wildman–Crippen MR) is 77.2 cm³/mol. The number of carbonyl (C=O) groups is 1. The van der Waals surface area contributed by atoms with E-state index in [1.807, 2.05) is 0 Å². The van der Waals surface area contributed by atoms with Crippen molar-refractivity contribution in [3.05, 3.63) is 0 Å². The summed E-state index contributed by atoms with van der Waals surface area (Å²) in [4.78, 5) is 14.3. The van der Waals surface area contributed by atoms with Crippen LogP contribution in [-0.4, -0.2) is 29.1 Å². The molecule has 100 valence electrons. The van der Waals surface area contributed by atoms with Crippen molar-refractivity contribution in [2.24, 2.45) is 5.41 Å². The zero-order chi connectivity index (χ0) is 13.1. The smallest absolute Gasteiger partial charge is 0.222 e. The summed E-state index contributed by atoms with van der Waals surface area (Å²) in [5.74, 6) is 0.367. The second-order valence-electron chi connectivity index (χ2n) is 6.59. The van der Waals surface area contributed by atoms with Crippen LogP contribution in [0, 0.1) is 5.41 Å². The van der Waals surface area contributed by atoms with Gasteiger partial charge in [-0.25, -0.2) is 0 Å². The molecule has 0 spiro atoms. The molecule has 2 nitrogen and oxygen atoms in total. The molecule has 0 saturated carbocycles. The van der Waals surface area contributed by atoms with E-state index in [4.69, 9.17) is 0 Å². The van der Waals surface area contributed by atoms with E-state index in [2.05, 4.69) is 41.8 Å². The molecule has 0 radical (unpaired) electrons. The molecule has 1 rings (SSSR count). The van der Waals surface area contributed by atoms with E-state index in [0.717, 1.165) is 25.8 Å². The predicted octanol–water partition coefficient (Wildman–Crippen LogP) is 3.46. The van der Waals surface area contributed by atoms with Crippen molar-refractivity contribution in [1.82, 2.24) is 4.90 Å². The van der Waals surface area contributed by atoms with Gasteiger partial charge in [0.1, 0.15) is 0 Å². The molecule has 0 aromatic rings. The van der Waals surface area contributed by atoms with E-state index < -0.39 is 0 Å². The minimum Gasteiger partial charge on any atom is -0.339 e. The first kappa shape index (κ1) is 15.0. The van der Waals surface area contributed by atoms with E-state index in [1.165, 1.54) is 12.8 Å². The lowest BCUT2D eigenvalue weighted by atomic mass is 9.86. The molecule has 17 heavy (non-hydrogen) atoms. The van der Waals surface area contributed by atoms with Crippen LogP contribution in [0.25, 0.3) is 0 Å². The zero-order valence-electron chi connectivity index (χ0n) is 11.8. The normalized spacial score (nSPS) is 22.2. The molecule has 0 bridgehead atoms. The lowest BCUT2D eigenvalue weighted by Gasteiger charge is -2.37. The molecule has 1 fully saturated rings. The van der Waals surface area contributed by atoms with Crippen molar-refractivity contribution in [2.45, 2.75) is 71.5 Å². The van der Waals surface area contributed by atoms with Gasteiger partial charge in [-0.15, -0.1) is 9.24 Å². The lowest BCUT2D eigenvalue weighted by molar-refractivity contribution is -0.133. The third kappa shape index (κ3) is 4.95. The monoisotopic (exact) mass is 257 g/mol. The fourth-order valence-electron chi connectivity index (χ4n) is 2.56. The molecular weight excluding hydrogens is 229 g/mol. The molecule has 0 aliphatic carbocycles. The van der Waals surface area contributed by atoms with Crippen molar-refractivity contribution in [3.63, 3.8) is 0 Å². The van der Waals surface area contributed by atoms with Crippen molar-refractivity contribution < 1.29 is 4.79 Å². The highest BCUT2D eigenvalue weighted by molar-refractivity contribution is 7.17. The van der Waals surface area contributed by atoms with Gasteiger partial charge in [-0.1, -0.05) is 34.1 Å². The van der Waals surface area contributed by atoms with Crippen LogP contribution in [0.2, 0.25) is 0 Å². The number of hydrogen-bond donors (Lipinski definition) is 0. The number of hydrogen-bond acceptors (Lipinski definition) is 1. The maximum atomic E-state index is 12.2. The van der Waals surface area contributed by atoms with Crippen LogP contribution in [0.1, 0.15) is 59.8 Å². The second kappa shape index (κ2) is 6.18. The summed E-state index contributed by atoms with van der Waals surface area (Å²) < 4.78 is 0. The summed E-state index contributed by atoms with van der Waals surface area (Å²) in [6, 6.07) is 0.380. The first-order valence-electron chi connectivity index (χ1n) is 6.86. The minimum absolute atomic E-state index is 0.280. The standard InChI is InChI=1S/C14H28NOP/c1-11(17)12(10-14(2,3)4)15-9-7-5-6-8-13(15)16/h11-12H,5-10,17H2,1-4H3. The van der Waals surface area contributed by atoms with Gasteiger partial charge >= 0.3 is 0 Å². The van der Waals surface area contributed by atoms with E-state index in [1.54, 1.807) is 0 Å².